The fraction of sp³-hybridized carbons (Fsp3) is 0.647. The van der Waals surface area contributed by atoms with Gasteiger partial charge in [-0.2, -0.15) is 12.7 Å². The molecule has 1 N–H and O–H groups in total. The predicted octanol–water partition coefficient (Wildman–Crippen LogP) is 1.43. The van der Waals surface area contributed by atoms with Gasteiger partial charge in [-0.3, -0.25) is 0 Å². The number of fused-ring (bicyclic) bond motifs is 1. The third-order valence-corrected chi connectivity index (χ3v) is 6.40. The first-order chi connectivity index (χ1) is 11.6. The number of hydrogen-bond acceptors (Lipinski definition) is 4. The number of para-hydroxylation sites is 1. The van der Waals surface area contributed by atoms with Crippen molar-refractivity contribution in [1.29, 1.82) is 0 Å². The standard InChI is InChI=1S/C17H26N2O4S/c1-22-12-14-6-8-19(9-7-14)24(20,21)18-11-15-10-16-4-2-3-5-17(16)23-13-15/h2-5,14-15,18H,6-13H2,1H3/t15-/m0/s1. The molecule has 1 saturated heterocycles. The van der Waals surface area contributed by atoms with Crippen LogP contribution in [-0.2, 0) is 21.4 Å². The Hall–Kier alpha value is -1.15. The Morgan fingerprint density at radius 2 is 2.00 bits per heavy atom. The quantitative estimate of drug-likeness (QED) is 0.839. The number of hydrogen-bond donors (Lipinski definition) is 1. The van der Waals surface area contributed by atoms with E-state index in [0.717, 1.165) is 30.6 Å². The zero-order valence-corrected chi connectivity index (χ0v) is 14.9. The van der Waals surface area contributed by atoms with Crippen LogP contribution in [0.15, 0.2) is 24.3 Å². The monoisotopic (exact) mass is 354 g/mol. The van der Waals surface area contributed by atoms with E-state index in [1.807, 2.05) is 24.3 Å². The summed E-state index contributed by atoms with van der Waals surface area (Å²) in [5.74, 6) is 1.54. The molecule has 6 nitrogen and oxygen atoms in total. The fourth-order valence-corrected chi connectivity index (χ4v) is 4.71. The van der Waals surface area contributed by atoms with Crippen LogP contribution in [-0.4, -0.2) is 52.7 Å². The molecule has 1 fully saturated rings. The molecule has 134 valence electrons. The first-order valence-electron chi connectivity index (χ1n) is 8.53. The van der Waals surface area contributed by atoms with E-state index in [4.69, 9.17) is 9.47 Å². The second-order valence-corrected chi connectivity index (χ2v) is 8.40. The van der Waals surface area contributed by atoms with Crippen molar-refractivity contribution < 1.29 is 17.9 Å². The zero-order chi connectivity index (χ0) is 17.0. The van der Waals surface area contributed by atoms with Crippen molar-refractivity contribution in [2.75, 3.05) is 40.0 Å². The van der Waals surface area contributed by atoms with Crippen LogP contribution >= 0.6 is 0 Å². The fourth-order valence-electron chi connectivity index (χ4n) is 3.39. The van der Waals surface area contributed by atoms with E-state index >= 15 is 0 Å². The number of benzene rings is 1. The second-order valence-electron chi connectivity index (χ2n) is 6.64. The molecule has 1 aromatic rings. The molecular formula is C17H26N2O4S. The van der Waals surface area contributed by atoms with Gasteiger partial charge in [0.1, 0.15) is 5.75 Å². The molecule has 0 aliphatic carbocycles. The van der Waals surface area contributed by atoms with Gasteiger partial charge in [0.05, 0.1) is 6.61 Å². The molecule has 1 atom stereocenters. The van der Waals surface area contributed by atoms with Crippen molar-refractivity contribution in [2.45, 2.75) is 19.3 Å². The van der Waals surface area contributed by atoms with E-state index in [9.17, 15) is 8.42 Å². The summed E-state index contributed by atoms with van der Waals surface area (Å²) < 4.78 is 40.2. The highest BCUT2D eigenvalue weighted by Crippen LogP contribution is 2.26. The van der Waals surface area contributed by atoms with Gasteiger partial charge in [0, 0.05) is 39.3 Å². The number of methoxy groups -OCH3 is 1. The van der Waals surface area contributed by atoms with Gasteiger partial charge in [-0.1, -0.05) is 18.2 Å². The smallest absolute Gasteiger partial charge is 0.279 e. The average Bonchev–Trinajstić information content (AvgIpc) is 2.61. The lowest BCUT2D eigenvalue weighted by atomic mass is 9.97. The number of ether oxygens (including phenoxy) is 2. The number of rotatable bonds is 6. The highest BCUT2D eigenvalue weighted by Gasteiger charge is 2.29. The van der Waals surface area contributed by atoms with Crippen LogP contribution < -0.4 is 9.46 Å². The Morgan fingerprint density at radius 1 is 1.25 bits per heavy atom. The third kappa shape index (κ3) is 4.27. The first-order valence-corrected chi connectivity index (χ1v) is 9.97. The van der Waals surface area contributed by atoms with Crippen LogP contribution in [0.3, 0.4) is 0 Å². The Morgan fingerprint density at radius 3 is 2.75 bits per heavy atom. The molecule has 1 aromatic carbocycles. The van der Waals surface area contributed by atoms with Crippen LogP contribution in [0.5, 0.6) is 5.75 Å². The Labute approximate surface area is 144 Å². The highest BCUT2D eigenvalue weighted by molar-refractivity contribution is 7.87. The highest BCUT2D eigenvalue weighted by atomic mass is 32.2. The maximum absolute atomic E-state index is 12.5. The second kappa shape index (κ2) is 7.82. The van der Waals surface area contributed by atoms with E-state index in [1.165, 1.54) is 0 Å². The van der Waals surface area contributed by atoms with E-state index in [0.29, 0.717) is 38.8 Å². The number of nitrogens with zero attached hydrogens (tertiary/aromatic N) is 1. The average molecular weight is 354 g/mol. The van der Waals surface area contributed by atoms with Gasteiger partial charge >= 0.3 is 0 Å². The summed E-state index contributed by atoms with van der Waals surface area (Å²) in [7, 11) is -1.72. The maximum atomic E-state index is 12.5. The molecule has 2 aliphatic rings. The summed E-state index contributed by atoms with van der Waals surface area (Å²) in [4.78, 5) is 0. The van der Waals surface area contributed by atoms with Crippen LogP contribution in [0.25, 0.3) is 0 Å². The molecule has 0 unspecified atom stereocenters. The van der Waals surface area contributed by atoms with Gasteiger partial charge < -0.3 is 9.47 Å². The van der Waals surface area contributed by atoms with Gasteiger partial charge in [-0.25, -0.2) is 4.72 Å². The summed E-state index contributed by atoms with van der Waals surface area (Å²) in [5, 5.41) is 0. The van der Waals surface area contributed by atoms with Crippen LogP contribution in [0.4, 0.5) is 0 Å². The van der Waals surface area contributed by atoms with E-state index in [2.05, 4.69) is 4.72 Å². The lowest BCUT2D eigenvalue weighted by molar-refractivity contribution is 0.121. The van der Waals surface area contributed by atoms with Crippen molar-refractivity contribution in [1.82, 2.24) is 9.03 Å². The third-order valence-electron chi connectivity index (χ3n) is 4.83. The molecular weight excluding hydrogens is 328 g/mol. The molecule has 0 amide bonds. The topological polar surface area (TPSA) is 67.9 Å². The summed E-state index contributed by atoms with van der Waals surface area (Å²) in [6, 6.07) is 7.93. The van der Waals surface area contributed by atoms with E-state index in [1.54, 1.807) is 11.4 Å². The lowest BCUT2D eigenvalue weighted by Crippen LogP contribution is -2.47. The van der Waals surface area contributed by atoms with Gasteiger partial charge in [0.2, 0.25) is 0 Å². The maximum Gasteiger partial charge on any atom is 0.279 e. The van der Waals surface area contributed by atoms with Crippen molar-refractivity contribution in [3.63, 3.8) is 0 Å². The van der Waals surface area contributed by atoms with Crippen LogP contribution in [0, 0.1) is 11.8 Å². The molecule has 0 aromatic heterocycles. The molecule has 2 heterocycles. The van der Waals surface area contributed by atoms with Crippen LogP contribution in [0.2, 0.25) is 0 Å². The van der Waals surface area contributed by atoms with E-state index < -0.39 is 10.2 Å². The van der Waals surface area contributed by atoms with Crippen molar-refractivity contribution in [3.8, 4) is 5.75 Å². The van der Waals surface area contributed by atoms with Crippen LogP contribution in [0.1, 0.15) is 18.4 Å². The Bertz CT molecular complexity index is 642. The van der Waals surface area contributed by atoms with E-state index in [-0.39, 0.29) is 5.92 Å². The molecule has 0 spiro atoms. The number of piperidine rings is 1. The van der Waals surface area contributed by atoms with Crippen molar-refractivity contribution in [2.24, 2.45) is 11.8 Å². The molecule has 7 heteroatoms. The Balaban J connectivity index is 1.49. The summed E-state index contributed by atoms with van der Waals surface area (Å²) in [5.41, 5.74) is 1.15. The molecule has 0 saturated carbocycles. The minimum atomic E-state index is -3.41. The molecule has 3 rings (SSSR count). The predicted molar refractivity (Wildman–Crippen MR) is 92.2 cm³/mol. The zero-order valence-electron chi connectivity index (χ0n) is 14.1. The molecule has 0 bridgehead atoms. The van der Waals surface area contributed by atoms with Gasteiger partial charge in [0.25, 0.3) is 10.2 Å². The first kappa shape index (κ1) is 17.7. The van der Waals surface area contributed by atoms with Gasteiger partial charge in [-0.05, 0) is 36.8 Å². The Kier molecular flexibility index (Phi) is 5.76. The lowest BCUT2D eigenvalue weighted by Gasteiger charge is -2.32. The largest absolute Gasteiger partial charge is 0.493 e. The summed E-state index contributed by atoms with van der Waals surface area (Å²) in [6.45, 7) is 2.80. The number of nitrogens with one attached hydrogen (secondary N) is 1. The van der Waals surface area contributed by atoms with Gasteiger partial charge in [0.15, 0.2) is 0 Å². The normalized spacial score (nSPS) is 22.8. The van der Waals surface area contributed by atoms with Crippen molar-refractivity contribution >= 4 is 10.2 Å². The minimum absolute atomic E-state index is 0.167. The molecule has 2 aliphatic heterocycles. The summed E-state index contributed by atoms with van der Waals surface area (Å²) >= 11 is 0. The summed E-state index contributed by atoms with van der Waals surface area (Å²) in [6.07, 6.45) is 2.55. The molecule has 0 radical (unpaired) electrons. The van der Waals surface area contributed by atoms with Gasteiger partial charge in [-0.15, -0.1) is 0 Å². The SMILES string of the molecule is COCC1CCN(S(=O)(=O)NC[C@H]2COc3ccccc3C2)CC1. The minimum Gasteiger partial charge on any atom is -0.493 e. The molecule has 24 heavy (non-hydrogen) atoms. The van der Waals surface area contributed by atoms with Crippen molar-refractivity contribution in [3.05, 3.63) is 29.8 Å².